The number of hydrogen-bond donors (Lipinski definition) is 0. The lowest BCUT2D eigenvalue weighted by Gasteiger charge is -2.37. The summed E-state index contributed by atoms with van der Waals surface area (Å²) in [7, 11) is -3.17. The fourth-order valence-electron chi connectivity index (χ4n) is 5.04. The van der Waals surface area contributed by atoms with Crippen molar-refractivity contribution >= 4 is 61.6 Å². The van der Waals surface area contributed by atoms with Gasteiger partial charge in [0.25, 0.3) is 11.5 Å². The van der Waals surface area contributed by atoms with Gasteiger partial charge in [0.15, 0.2) is 9.84 Å². The number of thioether (sulfide) groups is 1. The molecule has 0 spiro atoms. The van der Waals surface area contributed by atoms with E-state index in [-0.39, 0.29) is 29.0 Å². The van der Waals surface area contributed by atoms with Gasteiger partial charge >= 0.3 is 0 Å². The Hall–Kier alpha value is -2.24. The first-order valence-electron chi connectivity index (χ1n) is 11.5. The van der Waals surface area contributed by atoms with Crippen LogP contribution in [-0.4, -0.2) is 63.1 Å². The van der Waals surface area contributed by atoms with E-state index in [1.165, 1.54) is 9.30 Å². The molecular formula is C23H26N4O4S3. The van der Waals surface area contributed by atoms with Gasteiger partial charge in [0, 0.05) is 18.8 Å². The minimum Gasteiger partial charge on any atom is -0.353 e. The minimum atomic E-state index is -3.17. The van der Waals surface area contributed by atoms with Gasteiger partial charge < -0.3 is 4.90 Å². The molecule has 8 nitrogen and oxygen atoms in total. The van der Waals surface area contributed by atoms with Crippen molar-refractivity contribution in [2.75, 3.05) is 23.0 Å². The molecule has 3 saturated heterocycles. The van der Waals surface area contributed by atoms with Crippen LogP contribution in [-0.2, 0) is 14.6 Å². The summed E-state index contributed by atoms with van der Waals surface area (Å²) >= 11 is 6.57. The average Bonchev–Trinajstić information content (AvgIpc) is 3.32. The van der Waals surface area contributed by atoms with Gasteiger partial charge in [-0.15, -0.1) is 0 Å². The van der Waals surface area contributed by atoms with E-state index in [1.54, 1.807) is 24.4 Å². The lowest BCUT2D eigenvalue weighted by molar-refractivity contribution is -0.123. The molecule has 180 valence electrons. The van der Waals surface area contributed by atoms with Gasteiger partial charge in [-0.05, 0) is 50.3 Å². The third kappa shape index (κ3) is 4.18. The minimum absolute atomic E-state index is 0.0568. The smallest absolute Gasteiger partial charge is 0.267 e. The molecule has 2 unspecified atom stereocenters. The molecule has 1 amide bonds. The Morgan fingerprint density at radius 3 is 2.79 bits per heavy atom. The second kappa shape index (κ2) is 9.09. The van der Waals surface area contributed by atoms with Crippen LogP contribution in [0.5, 0.6) is 0 Å². The molecule has 2 aromatic rings. The highest BCUT2D eigenvalue weighted by atomic mass is 32.2. The van der Waals surface area contributed by atoms with Crippen molar-refractivity contribution in [3.05, 3.63) is 45.2 Å². The van der Waals surface area contributed by atoms with Crippen LogP contribution in [0.2, 0.25) is 0 Å². The molecule has 0 bridgehead atoms. The summed E-state index contributed by atoms with van der Waals surface area (Å²) < 4.78 is 25.8. The van der Waals surface area contributed by atoms with Gasteiger partial charge in [0.05, 0.1) is 28.0 Å². The average molecular weight is 519 g/mol. The van der Waals surface area contributed by atoms with E-state index in [2.05, 4.69) is 11.8 Å². The first-order valence-corrected chi connectivity index (χ1v) is 14.6. The summed E-state index contributed by atoms with van der Waals surface area (Å²) in [6.07, 6.45) is 7.78. The Morgan fingerprint density at radius 2 is 2.06 bits per heavy atom. The number of rotatable bonds is 4. The van der Waals surface area contributed by atoms with Gasteiger partial charge in [-0.25, -0.2) is 13.4 Å². The third-order valence-electron chi connectivity index (χ3n) is 6.79. The van der Waals surface area contributed by atoms with Crippen molar-refractivity contribution in [2.24, 2.45) is 0 Å². The molecule has 3 fully saturated rings. The van der Waals surface area contributed by atoms with Crippen molar-refractivity contribution in [1.82, 2.24) is 14.3 Å². The zero-order chi connectivity index (χ0) is 24.0. The van der Waals surface area contributed by atoms with Crippen LogP contribution < -0.4 is 10.5 Å². The topological polar surface area (TPSA) is 92.1 Å². The zero-order valence-corrected chi connectivity index (χ0v) is 21.3. The van der Waals surface area contributed by atoms with E-state index in [9.17, 15) is 18.0 Å². The molecule has 0 radical (unpaired) electrons. The van der Waals surface area contributed by atoms with Crippen LogP contribution in [0, 0.1) is 0 Å². The Kier molecular flexibility index (Phi) is 6.28. The normalized spacial score (nSPS) is 26.2. The van der Waals surface area contributed by atoms with Gasteiger partial charge in [0.1, 0.15) is 15.8 Å². The van der Waals surface area contributed by atoms with E-state index in [1.807, 2.05) is 6.07 Å². The Bertz CT molecular complexity index is 1370. The molecule has 0 saturated carbocycles. The highest BCUT2D eigenvalue weighted by Gasteiger charge is 2.42. The van der Waals surface area contributed by atoms with E-state index in [0.717, 1.165) is 44.0 Å². The fraction of sp³-hybridized carbons (Fsp3) is 0.478. The lowest BCUT2D eigenvalue weighted by Crippen LogP contribution is -2.41. The number of carbonyl (C=O) groups excluding carboxylic acids is 1. The maximum atomic E-state index is 13.6. The van der Waals surface area contributed by atoms with Crippen LogP contribution in [0.1, 0.15) is 44.6 Å². The van der Waals surface area contributed by atoms with Gasteiger partial charge in [-0.3, -0.25) is 18.9 Å². The SMILES string of the molecule is CCC1CCCCN1c1nc2ccccn2c(=O)c1/C=C1/SC(=S)N(C2CCS(=O)(=O)C2)C1=O. The predicted octanol–water partition coefficient (Wildman–Crippen LogP) is 2.85. The van der Waals surface area contributed by atoms with Crippen LogP contribution in [0.15, 0.2) is 34.1 Å². The molecule has 3 aliphatic heterocycles. The van der Waals surface area contributed by atoms with Gasteiger partial charge in [0.2, 0.25) is 0 Å². The molecular weight excluding hydrogens is 492 g/mol. The quantitative estimate of drug-likeness (QED) is 0.451. The van der Waals surface area contributed by atoms with E-state index >= 15 is 0 Å². The molecule has 0 aromatic carbocycles. The van der Waals surface area contributed by atoms with Gasteiger partial charge in [-0.2, -0.15) is 0 Å². The number of aromatic nitrogens is 2. The molecule has 0 N–H and O–H groups in total. The van der Waals surface area contributed by atoms with Crippen molar-refractivity contribution < 1.29 is 13.2 Å². The van der Waals surface area contributed by atoms with Gasteiger partial charge in [-0.1, -0.05) is 37.0 Å². The molecule has 5 heterocycles. The predicted molar refractivity (Wildman–Crippen MR) is 139 cm³/mol. The summed E-state index contributed by atoms with van der Waals surface area (Å²) in [4.78, 5) is 35.7. The number of anilines is 1. The summed E-state index contributed by atoms with van der Waals surface area (Å²) in [6, 6.07) is 5.25. The Labute approximate surface area is 207 Å². The molecule has 2 aromatic heterocycles. The fourth-order valence-corrected chi connectivity index (χ4v) is 8.13. The van der Waals surface area contributed by atoms with Crippen LogP contribution in [0.25, 0.3) is 11.7 Å². The number of thiocarbonyl (C=S) groups is 1. The molecule has 34 heavy (non-hydrogen) atoms. The molecule has 3 aliphatic rings. The highest BCUT2D eigenvalue weighted by Crippen LogP contribution is 2.37. The molecule has 2 atom stereocenters. The molecule has 5 rings (SSSR count). The molecule has 11 heteroatoms. The Morgan fingerprint density at radius 1 is 1.24 bits per heavy atom. The summed E-state index contributed by atoms with van der Waals surface area (Å²) in [5, 5.41) is 0. The number of pyridine rings is 1. The summed E-state index contributed by atoms with van der Waals surface area (Å²) in [6.45, 7) is 2.94. The maximum absolute atomic E-state index is 13.6. The highest BCUT2D eigenvalue weighted by molar-refractivity contribution is 8.26. The van der Waals surface area contributed by atoms with Crippen LogP contribution >= 0.6 is 24.0 Å². The van der Waals surface area contributed by atoms with Crippen LogP contribution in [0.4, 0.5) is 5.82 Å². The number of hydrogen-bond acceptors (Lipinski definition) is 8. The van der Waals surface area contributed by atoms with Crippen molar-refractivity contribution in [3.63, 3.8) is 0 Å². The second-order valence-corrected chi connectivity index (χ2v) is 12.8. The van der Waals surface area contributed by atoms with Crippen molar-refractivity contribution in [1.29, 1.82) is 0 Å². The standard InChI is InChI=1S/C23H26N4O4S3/c1-2-15-7-3-5-10-25(15)20-17(21(28)26-11-6-4-8-19(26)24-20)13-18-22(29)27(23(32)33-18)16-9-12-34(30,31)14-16/h4,6,8,11,13,15-16H,2-3,5,7,9-10,12,14H2,1H3/b18-13+. The number of nitrogens with zero attached hydrogens (tertiary/aromatic N) is 4. The maximum Gasteiger partial charge on any atom is 0.267 e. The summed E-state index contributed by atoms with van der Waals surface area (Å²) in [5.74, 6) is 0.230. The largest absolute Gasteiger partial charge is 0.353 e. The number of carbonyl (C=O) groups is 1. The number of amides is 1. The number of fused-ring (bicyclic) bond motifs is 1. The van der Waals surface area contributed by atoms with E-state index in [4.69, 9.17) is 17.2 Å². The van der Waals surface area contributed by atoms with Crippen molar-refractivity contribution in [3.8, 4) is 0 Å². The number of piperidine rings is 1. The monoisotopic (exact) mass is 518 g/mol. The van der Waals surface area contributed by atoms with Crippen molar-refractivity contribution in [2.45, 2.75) is 51.1 Å². The Balaban J connectivity index is 1.60. The summed E-state index contributed by atoms with van der Waals surface area (Å²) in [5.41, 5.74) is 0.683. The zero-order valence-electron chi connectivity index (χ0n) is 18.8. The van der Waals surface area contributed by atoms with E-state index in [0.29, 0.717) is 32.7 Å². The lowest BCUT2D eigenvalue weighted by atomic mass is 9.99. The first kappa shape index (κ1) is 23.5. The molecule has 0 aliphatic carbocycles. The van der Waals surface area contributed by atoms with E-state index < -0.39 is 15.9 Å². The third-order valence-corrected chi connectivity index (χ3v) is 9.87. The first-order chi connectivity index (χ1) is 16.3. The second-order valence-electron chi connectivity index (χ2n) is 8.94. The number of sulfone groups is 1. The van der Waals surface area contributed by atoms with Crippen LogP contribution in [0.3, 0.4) is 0 Å².